The van der Waals surface area contributed by atoms with Crippen LogP contribution < -0.4 is 9.62 Å². The Balaban J connectivity index is 2.41. The molecule has 0 aliphatic heterocycles. The molecule has 2 rings (SSSR count). The summed E-state index contributed by atoms with van der Waals surface area (Å²) < 4.78 is 27.6. The quantitative estimate of drug-likeness (QED) is 0.504. The Kier molecular flexibility index (Phi) is 8.04. The number of benzene rings is 2. The summed E-state index contributed by atoms with van der Waals surface area (Å²) in [4.78, 5) is 12.8. The number of aromatic hydroxyl groups is 1. The molecule has 0 unspecified atom stereocenters. The Bertz CT molecular complexity index is 916. The van der Waals surface area contributed by atoms with E-state index in [4.69, 9.17) is 0 Å². The first-order valence-corrected chi connectivity index (χ1v) is 11.2. The lowest BCUT2D eigenvalue weighted by molar-refractivity contribution is 0.198. The van der Waals surface area contributed by atoms with Crippen molar-refractivity contribution in [1.82, 2.24) is 4.72 Å². The van der Waals surface area contributed by atoms with Gasteiger partial charge in [0.25, 0.3) is 0 Å². The van der Waals surface area contributed by atoms with Gasteiger partial charge in [0.2, 0.25) is 10.0 Å². The predicted octanol–water partition coefficient (Wildman–Crippen LogP) is 3.98. The molecular formula is C21H28N2O5S. The van der Waals surface area contributed by atoms with E-state index in [0.717, 1.165) is 16.9 Å². The van der Waals surface area contributed by atoms with E-state index in [1.807, 2.05) is 44.2 Å². The molecule has 0 aliphatic rings. The van der Waals surface area contributed by atoms with Crippen molar-refractivity contribution in [2.75, 3.05) is 11.4 Å². The number of rotatable bonds is 10. The van der Waals surface area contributed by atoms with Gasteiger partial charge in [-0.05, 0) is 37.0 Å². The van der Waals surface area contributed by atoms with Gasteiger partial charge in [-0.3, -0.25) is 4.90 Å². The van der Waals surface area contributed by atoms with E-state index in [1.165, 1.54) is 18.2 Å². The number of sulfonamides is 1. The first-order chi connectivity index (χ1) is 13.8. The smallest absolute Gasteiger partial charge is 0.412 e. The number of phenolic OH excluding ortho intramolecular Hbond substituents is 1. The number of hydrogen-bond donors (Lipinski definition) is 3. The van der Waals surface area contributed by atoms with E-state index in [0.29, 0.717) is 19.3 Å². The Morgan fingerprint density at radius 2 is 1.79 bits per heavy atom. The molecule has 2 aromatic rings. The van der Waals surface area contributed by atoms with Gasteiger partial charge in [-0.15, -0.1) is 0 Å². The molecule has 0 heterocycles. The van der Waals surface area contributed by atoms with Crippen LogP contribution in [0.25, 0.3) is 0 Å². The summed E-state index contributed by atoms with van der Waals surface area (Å²) in [6.45, 7) is 4.04. The molecule has 29 heavy (non-hydrogen) atoms. The number of nitrogens with zero attached hydrogens (tertiary/aromatic N) is 1. The number of nitrogens with one attached hydrogen (secondary N) is 1. The monoisotopic (exact) mass is 420 g/mol. The summed E-state index contributed by atoms with van der Waals surface area (Å²) in [6.07, 6.45) is 1.16. The second kappa shape index (κ2) is 10.3. The molecule has 0 saturated carbocycles. The fourth-order valence-electron chi connectivity index (χ4n) is 3.14. The third kappa shape index (κ3) is 5.71. The summed E-state index contributed by atoms with van der Waals surface area (Å²) in [6, 6.07) is 13.1. The van der Waals surface area contributed by atoms with Crippen LogP contribution >= 0.6 is 0 Å². The Morgan fingerprint density at radius 3 is 2.38 bits per heavy atom. The summed E-state index contributed by atoms with van der Waals surface area (Å²) in [5, 5.41) is 20.5. The van der Waals surface area contributed by atoms with Gasteiger partial charge in [-0.25, -0.2) is 17.9 Å². The molecule has 1 atom stereocenters. The van der Waals surface area contributed by atoms with Crippen LogP contribution in [-0.2, 0) is 16.4 Å². The van der Waals surface area contributed by atoms with Crippen molar-refractivity contribution in [3.63, 3.8) is 0 Å². The number of para-hydroxylation sites is 1. The summed E-state index contributed by atoms with van der Waals surface area (Å²) in [5.41, 5.74) is 0.911. The zero-order valence-electron chi connectivity index (χ0n) is 16.7. The molecular weight excluding hydrogens is 392 g/mol. The molecule has 0 aliphatic carbocycles. The Labute approximate surface area is 172 Å². The van der Waals surface area contributed by atoms with E-state index in [1.54, 1.807) is 0 Å². The van der Waals surface area contributed by atoms with Gasteiger partial charge < -0.3 is 10.2 Å². The number of unbranched alkanes of at least 4 members (excludes halogenated alkanes) is 1. The van der Waals surface area contributed by atoms with Gasteiger partial charge in [0.15, 0.2) is 5.75 Å². The number of hydrogen-bond acceptors (Lipinski definition) is 4. The largest absolute Gasteiger partial charge is 0.504 e. The molecule has 0 saturated heterocycles. The lowest BCUT2D eigenvalue weighted by atomic mass is 10.0. The van der Waals surface area contributed by atoms with Crippen LogP contribution in [0.15, 0.2) is 53.4 Å². The third-order valence-corrected chi connectivity index (χ3v) is 6.20. The first kappa shape index (κ1) is 22.7. The Morgan fingerprint density at radius 1 is 1.10 bits per heavy atom. The van der Waals surface area contributed by atoms with Gasteiger partial charge >= 0.3 is 6.09 Å². The van der Waals surface area contributed by atoms with E-state index < -0.39 is 27.9 Å². The minimum Gasteiger partial charge on any atom is -0.504 e. The predicted molar refractivity (Wildman–Crippen MR) is 113 cm³/mol. The van der Waals surface area contributed by atoms with Crippen molar-refractivity contribution in [2.45, 2.75) is 50.5 Å². The fraction of sp³-hybridized carbons (Fsp3) is 0.381. The van der Waals surface area contributed by atoms with Crippen molar-refractivity contribution in [3.8, 4) is 5.75 Å². The number of carboxylic acid groups (broad SMARTS) is 1. The highest BCUT2D eigenvalue weighted by Crippen LogP contribution is 2.36. The molecule has 0 fully saturated rings. The molecule has 1 amide bonds. The molecule has 2 aromatic carbocycles. The van der Waals surface area contributed by atoms with Crippen molar-refractivity contribution in [3.05, 3.63) is 54.1 Å². The van der Waals surface area contributed by atoms with Crippen LogP contribution in [0.3, 0.4) is 0 Å². The van der Waals surface area contributed by atoms with Gasteiger partial charge in [-0.1, -0.05) is 56.7 Å². The average molecular weight is 421 g/mol. The van der Waals surface area contributed by atoms with Gasteiger partial charge in [-0.2, -0.15) is 0 Å². The highest BCUT2D eigenvalue weighted by atomic mass is 32.2. The zero-order valence-corrected chi connectivity index (χ0v) is 17.5. The van der Waals surface area contributed by atoms with Crippen molar-refractivity contribution >= 4 is 21.8 Å². The normalized spacial score (nSPS) is 12.5. The van der Waals surface area contributed by atoms with Crippen LogP contribution in [0.5, 0.6) is 5.75 Å². The molecule has 0 bridgehead atoms. The van der Waals surface area contributed by atoms with E-state index in [2.05, 4.69) is 4.72 Å². The van der Waals surface area contributed by atoms with Gasteiger partial charge in [0.05, 0.1) is 5.69 Å². The molecule has 7 nitrogen and oxygen atoms in total. The first-order valence-electron chi connectivity index (χ1n) is 9.69. The number of carbonyl (C=O) groups is 1. The van der Waals surface area contributed by atoms with Crippen LogP contribution in [0.2, 0.25) is 0 Å². The minimum absolute atomic E-state index is 0.0429. The molecule has 0 radical (unpaired) electrons. The van der Waals surface area contributed by atoms with Crippen molar-refractivity contribution in [2.24, 2.45) is 0 Å². The maximum Gasteiger partial charge on any atom is 0.412 e. The number of amides is 1. The lowest BCUT2D eigenvalue weighted by Gasteiger charge is -2.30. The van der Waals surface area contributed by atoms with Gasteiger partial charge in [0, 0.05) is 12.6 Å². The summed E-state index contributed by atoms with van der Waals surface area (Å²) in [7, 11) is -3.96. The van der Waals surface area contributed by atoms with Crippen molar-refractivity contribution in [1.29, 1.82) is 0 Å². The van der Waals surface area contributed by atoms with E-state index in [-0.39, 0.29) is 17.1 Å². The second-order valence-electron chi connectivity index (χ2n) is 6.78. The number of anilines is 1. The average Bonchev–Trinajstić information content (AvgIpc) is 2.69. The maximum absolute atomic E-state index is 12.6. The molecule has 8 heteroatoms. The van der Waals surface area contributed by atoms with Crippen LogP contribution in [-0.4, -0.2) is 37.3 Å². The summed E-state index contributed by atoms with van der Waals surface area (Å²) in [5.74, 6) is -0.564. The topological polar surface area (TPSA) is 107 Å². The maximum atomic E-state index is 12.6. The summed E-state index contributed by atoms with van der Waals surface area (Å²) >= 11 is 0. The zero-order chi connectivity index (χ0) is 21.4. The molecule has 0 spiro atoms. The highest BCUT2D eigenvalue weighted by molar-refractivity contribution is 7.89. The SMILES string of the molecule is CCCCNS(=O)(=O)c1cccc(N(C(=O)O)[C@@H](CC)Cc2ccccc2)c1O. The molecule has 158 valence electrons. The van der Waals surface area contributed by atoms with E-state index in [9.17, 15) is 23.4 Å². The van der Waals surface area contributed by atoms with Gasteiger partial charge in [0.1, 0.15) is 4.90 Å². The molecule has 0 aromatic heterocycles. The minimum atomic E-state index is -3.96. The molecule has 3 N–H and O–H groups in total. The Hall–Kier alpha value is -2.58. The van der Waals surface area contributed by atoms with Crippen LogP contribution in [0, 0.1) is 0 Å². The second-order valence-corrected chi connectivity index (χ2v) is 8.51. The standard InChI is InChI=1S/C21H28N2O5S/c1-3-5-14-22-29(27,28)19-13-9-12-18(20(19)24)23(21(25)26)17(4-2)15-16-10-7-6-8-11-16/h6-13,17,22,24H,3-5,14-15H2,1-2H3,(H,25,26)/t17-/m0/s1. The highest BCUT2D eigenvalue weighted by Gasteiger charge is 2.29. The van der Waals surface area contributed by atoms with Crippen LogP contribution in [0.1, 0.15) is 38.7 Å². The number of phenols is 1. The van der Waals surface area contributed by atoms with E-state index >= 15 is 0 Å². The van der Waals surface area contributed by atoms with Crippen LogP contribution in [0.4, 0.5) is 10.5 Å². The lowest BCUT2D eigenvalue weighted by Crippen LogP contribution is -2.41. The van der Waals surface area contributed by atoms with Crippen molar-refractivity contribution < 1.29 is 23.4 Å². The fourth-order valence-corrected chi connectivity index (χ4v) is 4.33. The third-order valence-electron chi connectivity index (χ3n) is 4.71.